The van der Waals surface area contributed by atoms with Gasteiger partial charge in [0.05, 0.1) is 31.4 Å². The second kappa shape index (κ2) is 50.3. The van der Waals surface area contributed by atoms with Crippen LogP contribution in [-0.2, 0) is 122 Å². The van der Waals surface area contributed by atoms with Crippen molar-refractivity contribution in [2.24, 2.45) is 17.2 Å². The Labute approximate surface area is 779 Å². The summed E-state index contributed by atoms with van der Waals surface area (Å²) in [5, 5.41) is 88.7. The molecule has 5 aromatic rings. The molecule has 3 aromatic carbocycles. The Balaban J connectivity index is 1.21. The van der Waals surface area contributed by atoms with Crippen LogP contribution in [0.2, 0.25) is 0 Å². The molecule has 17 amide bonds. The molecule has 135 heavy (non-hydrogen) atoms. The highest BCUT2D eigenvalue weighted by Crippen LogP contribution is 2.29. The number of likely N-dealkylation sites (N-methyl/N-ethyl adjacent to an activating group) is 3. The number of hydrogen-bond acceptors (Lipinski definition) is 25. The number of aromatic nitrogens is 2. The second-order valence-electron chi connectivity index (χ2n) is 33.5. The topological polar surface area (TPSA) is 698 Å². The van der Waals surface area contributed by atoms with Crippen LogP contribution in [0.1, 0.15) is 127 Å². The number of carbonyl (C=O) groups is 20. The number of nitrogens with zero attached hydrogens (tertiary/aromatic N) is 6. The molecule has 15 atom stereocenters. The number of fused-ring (bicyclic) bond motifs is 4. The summed E-state index contributed by atoms with van der Waals surface area (Å²) in [7, 11) is 3.60. The molecular formula is C88H120N20O26S. The molecule has 5 heterocycles. The van der Waals surface area contributed by atoms with Crippen molar-refractivity contribution in [1.29, 1.82) is 0 Å². The number of carboxylic acid groups (broad SMARTS) is 3. The maximum absolute atomic E-state index is 15.8. The molecule has 47 heteroatoms. The number of aliphatic hydroxyl groups is 2. The Morgan fingerprint density at radius 1 is 0.526 bits per heavy atom. The number of carboxylic acids is 3. The first kappa shape index (κ1) is 107. The van der Waals surface area contributed by atoms with Crippen molar-refractivity contribution in [3.63, 3.8) is 0 Å². The van der Waals surface area contributed by atoms with E-state index in [0.29, 0.717) is 57.5 Å². The molecule has 0 aliphatic carbocycles. The number of hydrogen-bond donors (Lipinski definition) is 20. The number of rotatable bonds is 27. The summed E-state index contributed by atoms with van der Waals surface area (Å²) in [6.45, 7) is 0.554. The number of unbranched alkanes of at least 4 members (excludes halogenated alkanes) is 2. The summed E-state index contributed by atoms with van der Waals surface area (Å²) in [6.07, 6.45) is -3.11. The molecule has 3 aliphatic rings. The molecular weight excluding hydrogens is 1790 g/mol. The number of phenols is 1. The summed E-state index contributed by atoms with van der Waals surface area (Å²) >= 11 is 0.667. The predicted molar refractivity (Wildman–Crippen MR) is 483 cm³/mol. The van der Waals surface area contributed by atoms with Crippen LogP contribution < -0.4 is 70.4 Å². The molecule has 0 spiro atoms. The maximum Gasteiger partial charge on any atom is 0.323 e. The van der Waals surface area contributed by atoms with Crippen LogP contribution in [-0.4, -0.2) is 339 Å². The smallest absolute Gasteiger partial charge is 0.323 e. The molecule has 2 aromatic heterocycles. The molecule has 46 nitrogen and oxygen atoms in total. The minimum Gasteiger partial charge on any atom is -0.508 e. The van der Waals surface area contributed by atoms with E-state index in [2.05, 4.69) is 58.2 Å². The van der Waals surface area contributed by atoms with Crippen molar-refractivity contribution < 1.29 is 127 Å². The van der Waals surface area contributed by atoms with Gasteiger partial charge in [-0.05, 0) is 86.4 Å². The van der Waals surface area contributed by atoms with Crippen molar-refractivity contribution in [1.82, 2.24) is 87.2 Å². The fourth-order valence-electron chi connectivity index (χ4n) is 16.2. The monoisotopic (exact) mass is 1900 g/mol. The molecule has 0 saturated carbocycles. The van der Waals surface area contributed by atoms with E-state index in [9.17, 15) is 93.0 Å². The molecule has 3 aliphatic heterocycles. The lowest BCUT2D eigenvalue weighted by molar-refractivity contribution is -0.149. The Hall–Kier alpha value is -13.8. The van der Waals surface area contributed by atoms with Crippen LogP contribution >= 0.6 is 11.8 Å². The Morgan fingerprint density at radius 2 is 1.08 bits per heavy atom. The minimum atomic E-state index is -2.03. The Bertz CT molecular complexity index is 5190. The van der Waals surface area contributed by atoms with Gasteiger partial charge in [0.25, 0.3) is 0 Å². The molecule has 0 radical (unpaired) electrons. The molecule has 3 fully saturated rings. The van der Waals surface area contributed by atoms with Crippen LogP contribution in [0.15, 0.2) is 85.2 Å². The lowest BCUT2D eigenvalue weighted by atomic mass is 10.00. The van der Waals surface area contributed by atoms with E-state index in [4.69, 9.17) is 17.2 Å². The second-order valence-corrected chi connectivity index (χ2v) is 34.5. The van der Waals surface area contributed by atoms with E-state index in [1.54, 1.807) is 62.4 Å². The number of para-hydroxylation sites is 2. The number of carbonyl (C=O) groups excluding carboxylic acids is 17. The normalized spacial score (nSPS) is 24.7. The van der Waals surface area contributed by atoms with E-state index in [1.165, 1.54) is 62.2 Å². The van der Waals surface area contributed by atoms with Gasteiger partial charge in [0.15, 0.2) is 0 Å². The van der Waals surface area contributed by atoms with Crippen LogP contribution in [0.4, 0.5) is 0 Å². The van der Waals surface area contributed by atoms with Crippen LogP contribution in [0.3, 0.4) is 0 Å². The van der Waals surface area contributed by atoms with Crippen LogP contribution in [0.25, 0.3) is 21.8 Å². The number of H-pyrrole nitrogens is 1. The van der Waals surface area contributed by atoms with Gasteiger partial charge >= 0.3 is 17.9 Å². The van der Waals surface area contributed by atoms with Crippen LogP contribution in [0, 0.1) is 0 Å². The third kappa shape index (κ3) is 29.6. The van der Waals surface area contributed by atoms with Gasteiger partial charge < -0.3 is 135 Å². The zero-order valence-electron chi connectivity index (χ0n) is 75.6. The standard InChI is InChI=1S/C88H120N20O26S/c1-7-9-19-65-81(127)95-55(28-30-72(115)116)77(123)102-63(76(122)93-39-70(91)113)44-135-45-71(114)94-58(32-47-23-25-50(110)26-24-47)84(130)103(4)46(3)75(121)98-60(36-73(117)118)87(133)107-31-15-22-66(107)82(128)100-61(37-89)79(125)96-56(27-29-69(90)112)86(132)108-41-51(111)35-68(108)83(129)97-57(33-48-38-92-54-18-13-11-16-52(48)54)78(124)101-62(43-109)80(126)99-59(85(131)105(6)67(20-10-8-2)88(134)104(65)5)34-49-40-106(42-74(119)120)64-21-14-12-17-53(49)64/h11-14,16-18,21,23-26,38,40,46,51,55-63,65-68,92,109-111H,7-10,15,19-20,22,27-37,39,41-45,89H2,1-6H3,(H2,90,112)(H2,91,113)(H,93,122)(H,94,114)(H,95,127)(H,96,125)(H,97,129)(H,98,121)(H,99,126)(H,100,128)(H,101,124)(H,102,123)(H,115,116)(H,117,118)(H,119,120)/t46-,51+,55-,56-,57-,58-,59-,60-,61-,62-,63-,65-,66-,67-,68-/m0/s1. The van der Waals surface area contributed by atoms with Crippen molar-refractivity contribution >= 4 is 152 Å². The highest BCUT2D eigenvalue weighted by Gasteiger charge is 2.47. The van der Waals surface area contributed by atoms with Crippen molar-refractivity contribution in [3.8, 4) is 5.75 Å². The number of amides is 17. The van der Waals surface area contributed by atoms with Gasteiger partial charge in [0.2, 0.25) is 100 Å². The first-order chi connectivity index (χ1) is 64.1. The van der Waals surface area contributed by atoms with E-state index >= 15 is 33.6 Å². The van der Waals surface area contributed by atoms with Gasteiger partial charge in [0.1, 0.15) is 96.9 Å². The average Bonchev–Trinajstić information content (AvgIpc) is 1.65. The largest absolute Gasteiger partial charge is 0.508 e. The van der Waals surface area contributed by atoms with Crippen LogP contribution in [0.5, 0.6) is 5.75 Å². The minimum absolute atomic E-state index is 0.0907. The number of thioether (sulfide) groups is 1. The third-order valence-electron chi connectivity index (χ3n) is 23.7. The molecule has 23 N–H and O–H groups in total. The highest BCUT2D eigenvalue weighted by molar-refractivity contribution is 8.00. The van der Waals surface area contributed by atoms with E-state index in [-0.39, 0.29) is 62.8 Å². The van der Waals surface area contributed by atoms with Gasteiger partial charge in [-0.15, -0.1) is 11.8 Å². The molecule has 3 saturated heterocycles. The van der Waals surface area contributed by atoms with E-state index < -0.39 is 305 Å². The Kier molecular flexibility index (Phi) is 39.7. The average molecular weight is 1910 g/mol. The number of aromatic amines is 1. The predicted octanol–water partition coefficient (Wildman–Crippen LogP) is -4.96. The highest BCUT2D eigenvalue weighted by atomic mass is 32.2. The first-order valence-electron chi connectivity index (χ1n) is 44.2. The van der Waals surface area contributed by atoms with Crippen molar-refractivity contribution in [2.45, 2.75) is 227 Å². The number of aliphatic hydroxyl groups excluding tert-OH is 2. The van der Waals surface area contributed by atoms with Gasteiger partial charge in [-0.1, -0.05) is 88.1 Å². The zero-order chi connectivity index (χ0) is 99.4. The number of benzene rings is 3. The number of aromatic hydroxyl groups is 1. The summed E-state index contributed by atoms with van der Waals surface area (Å²) in [5.74, 6) is -24.0. The summed E-state index contributed by atoms with van der Waals surface area (Å²) < 4.78 is 1.37. The fourth-order valence-corrected chi connectivity index (χ4v) is 17.1. The third-order valence-corrected chi connectivity index (χ3v) is 24.7. The number of aliphatic carboxylic acids is 3. The lowest BCUT2D eigenvalue weighted by Crippen LogP contribution is -2.62. The van der Waals surface area contributed by atoms with E-state index in [1.807, 2.05) is 0 Å². The van der Waals surface area contributed by atoms with Gasteiger partial charge in [0, 0.05) is 119 Å². The molecule has 0 unspecified atom stereocenters. The zero-order valence-corrected chi connectivity index (χ0v) is 76.4. The first-order valence-corrected chi connectivity index (χ1v) is 45.3. The maximum atomic E-state index is 15.8. The number of phenolic OH excluding ortho intramolecular Hbond substituents is 1. The van der Waals surface area contributed by atoms with E-state index in [0.717, 1.165) is 31.5 Å². The Morgan fingerprint density at radius 3 is 1.73 bits per heavy atom. The van der Waals surface area contributed by atoms with Crippen molar-refractivity contribution in [3.05, 3.63) is 102 Å². The number of primary amides is 2. The SMILES string of the molecule is CCCC[C@H]1C(=O)N(C)[C@@H](CCCC)C(=O)N[C@@H](CCC(=O)O)C(=O)N[C@H](C(=O)NCC(N)=O)CSCC(=O)N[C@@H](Cc2ccc(O)cc2)C(=O)N(C)[C@@H](C)C(=O)N[C@@H](CC(=O)O)C(=O)N2CCC[C@H]2C(=O)N[C@@H](CN)C(=O)N[C@@H](CCC(N)=O)C(=O)N2C[C@H](O)C[C@H]2C(=O)N[C@@H](Cc2c[nH]c3ccccc23)C(=O)N[C@@H](CO)C(=O)N[C@@H](Cc2cn(CC(=O)O)c3ccccc23)C(=O)N1C. The summed E-state index contributed by atoms with van der Waals surface area (Å²) in [6, 6.07) is -5.65. The molecule has 8 rings (SSSR count). The fraction of sp³-hybridized carbons (Fsp3) is 0.523. The summed E-state index contributed by atoms with van der Waals surface area (Å²) in [4.78, 5) is 292. The molecule has 734 valence electrons. The number of nitrogens with two attached hydrogens (primary N) is 3. The van der Waals surface area contributed by atoms with Gasteiger partial charge in [-0.25, -0.2) is 0 Å². The van der Waals surface area contributed by atoms with Gasteiger partial charge in [-0.2, -0.15) is 0 Å². The number of nitrogens with one attached hydrogen (secondary N) is 11. The van der Waals surface area contributed by atoms with Gasteiger partial charge in [-0.3, -0.25) is 95.9 Å². The lowest BCUT2D eigenvalue weighted by Gasteiger charge is -2.36. The quantitative estimate of drug-likeness (QED) is 0.0234. The van der Waals surface area contributed by atoms with Crippen molar-refractivity contribution in [2.75, 3.05) is 65.4 Å². The molecule has 0 bridgehead atoms. The summed E-state index contributed by atoms with van der Waals surface area (Å²) in [5.41, 5.74) is 19.0.